The maximum atomic E-state index is 4.61. The van der Waals surface area contributed by atoms with Crippen molar-refractivity contribution >= 4 is 17.0 Å². The molecule has 0 radical (unpaired) electrons. The number of imidazole rings is 1. The number of anilines is 1. The van der Waals surface area contributed by atoms with Gasteiger partial charge in [0.1, 0.15) is 11.6 Å². The summed E-state index contributed by atoms with van der Waals surface area (Å²) in [7, 11) is 4.00. The summed E-state index contributed by atoms with van der Waals surface area (Å²) in [5.41, 5.74) is 1.87. The molecule has 0 bridgehead atoms. The van der Waals surface area contributed by atoms with E-state index in [9.17, 15) is 0 Å². The molecule has 0 aliphatic carbocycles. The Bertz CT molecular complexity index is 545. The minimum absolute atomic E-state index is 0.833. The van der Waals surface area contributed by atoms with Crippen LogP contribution in [0.15, 0.2) is 12.1 Å². The van der Waals surface area contributed by atoms with E-state index in [1.165, 1.54) is 44.9 Å². The van der Waals surface area contributed by atoms with Gasteiger partial charge in [0.25, 0.3) is 0 Å². The Morgan fingerprint density at radius 1 is 0.952 bits per heavy atom. The van der Waals surface area contributed by atoms with Crippen LogP contribution < -0.4 is 4.90 Å². The summed E-state index contributed by atoms with van der Waals surface area (Å²) in [5, 5.41) is 0. The minimum atomic E-state index is 0.833. The first-order chi connectivity index (χ1) is 10.2. The summed E-state index contributed by atoms with van der Waals surface area (Å²) in [5.74, 6) is 2.03. The van der Waals surface area contributed by atoms with Gasteiger partial charge in [-0.2, -0.15) is 0 Å². The molecule has 2 aromatic heterocycles. The van der Waals surface area contributed by atoms with Crippen LogP contribution in [0.25, 0.3) is 11.2 Å². The lowest BCUT2D eigenvalue weighted by Gasteiger charge is -2.09. The highest BCUT2D eigenvalue weighted by atomic mass is 15.1. The molecule has 0 spiro atoms. The van der Waals surface area contributed by atoms with E-state index in [2.05, 4.69) is 27.9 Å². The monoisotopic (exact) mass is 288 g/mol. The maximum Gasteiger partial charge on any atom is 0.179 e. The lowest BCUT2D eigenvalue weighted by atomic mass is 10.1. The first-order valence-electron chi connectivity index (χ1n) is 8.23. The fourth-order valence-corrected chi connectivity index (χ4v) is 2.55. The van der Waals surface area contributed by atoms with Crippen molar-refractivity contribution in [3.63, 3.8) is 0 Å². The van der Waals surface area contributed by atoms with E-state index in [1.54, 1.807) is 0 Å². The van der Waals surface area contributed by atoms with Gasteiger partial charge in [0, 0.05) is 20.5 Å². The average molecular weight is 288 g/mol. The van der Waals surface area contributed by atoms with Crippen LogP contribution in [0.5, 0.6) is 0 Å². The minimum Gasteiger partial charge on any atom is -0.363 e. The van der Waals surface area contributed by atoms with Crippen molar-refractivity contribution in [2.45, 2.75) is 58.3 Å². The molecule has 0 aliphatic rings. The highest BCUT2D eigenvalue weighted by Crippen LogP contribution is 2.16. The number of fused-ring (bicyclic) bond motifs is 1. The molecule has 0 amide bonds. The average Bonchev–Trinajstić information content (AvgIpc) is 2.88. The van der Waals surface area contributed by atoms with Crippen LogP contribution >= 0.6 is 0 Å². The second kappa shape index (κ2) is 8.01. The fourth-order valence-electron chi connectivity index (χ4n) is 2.55. The summed E-state index contributed by atoms with van der Waals surface area (Å²) in [6, 6.07) is 4.09. The van der Waals surface area contributed by atoms with Crippen molar-refractivity contribution in [2.75, 3.05) is 19.0 Å². The van der Waals surface area contributed by atoms with Crippen LogP contribution in [0.1, 0.15) is 57.7 Å². The molecule has 21 heavy (non-hydrogen) atoms. The molecule has 0 saturated heterocycles. The number of aromatic nitrogens is 3. The summed E-state index contributed by atoms with van der Waals surface area (Å²) >= 11 is 0. The SMILES string of the molecule is CCCCCCCCCc1nc2nc(N(C)C)ccc2[nH]1. The van der Waals surface area contributed by atoms with Crippen LogP contribution in [0.4, 0.5) is 5.82 Å². The number of hydrogen-bond acceptors (Lipinski definition) is 3. The number of rotatable bonds is 9. The van der Waals surface area contributed by atoms with Gasteiger partial charge in [0.2, 0.25) is 0 Å². The zero-order chi connectivity index (χ0) is 15.1. The van der Waals surface area contributed by atoms with Gasteiger partial charge < -0.3 is 9.88 Å². The Labute approximate surface area is 128 Å². The number of pyridine rings is 1. The van der Waals surface area contributed by atoms with Crippen molar-refractivity contribution in [1.82, 2.24) is 15.0 Å². The quantitative estimate of drug-likeness (QED) is 0.699. The molecule has 0 fully saturated rings. The molecular formula is C17H28N4. The highest BCUT2D eigenvalue weighted by molar-refractivity contribution is 5.73. The van der Waals surface area contributed by atoms with E-state index >= 15 is 0 Å². The smallest absolute Gasteiger partial charge is 0.179 e. The molecule has 0 aromatic carbocycles. The Hall–Kier alpha value is -1.58. The number of nitrogens with one attached hydrogen (secondary N) is 1. The summed E-state index contributed by atoms with van der Waals surface area (Å²) in [6.45, 7) is 2.26. The molecule has 1 N–H and O–H groups in total. The van der Waals surface area contributed by atoms with Crippen molar-refractivity contribution in [3.05, 3.63) is 18.0 Å². The second-order valence-electron chi connectivity index (χ2n) is 5.99. The predicted octanol–water partition coefficient (Wildman–Crippen LogP) is 4.32. The molecule has 2 heterocycles. The lowest BCUT2D eigenvalue weighted by molar-refractivity contribution is 0.585. The van der Waals surface area contributed by atoms with Gasteiger partial charge in [0.05, 0.1) is 5.52 Å². The topological polar surface area (TPSA) is 44.8 Å². The number of nitrogens with zero attached hydrogens (tertiary/aromatic N) is 3. The first kappa shape index (κ1) is 15.8. The third kappa shape index (κ3) is 4.73. The molecule has 0 atom stereocenters. The number of aryl methyl sites for hydroxylation is 1. The molecule has 0 unspecified atom stereocenters. The van der Waals surface area contributed by atoms with Gasteiger partial charge >= 0.3 is 0 Å². The van der Waals surface area contributed by atoms with Gasteiger partial charge in [-0.1, -0.05) is 45.4 Å². The lowest BCUT2D eigenvalue weighted by Crippen LogP contribution is -2.10. The van der Waals surface area contributed by atoms with Crippen LogP contribution in [-0.2, 0) is 6.42 Å². The number of H-pyrrole nitrogens is 1. The summed E-state index contributed by atoms with van der Waals surface area (Å²) < 4.78 is 0. The summed E-state index contributed by atoms with van der Waals surface area (Å²) in [4.78, 5) is 14.6. The van der Waals surface area contributed by atoms with Crippen molar-refractivity contribution in [3.8, 4) is 0 Å². The van der Waals surface area contributed by atoms with E-state index in [-0.39, 0.29) is 0 Å². The summed E-state index contributed by atoms with van der Waals surface area (Å²) in [6.07, 6.45) is 10.4. The fraction of sp³-hybridized carbons (Fsp3) is 0.647. The molecule has 2 rings (SSSR count). The van der Waals surface area contributed by atoms with Gasteiger partial charge in [0.15, 0.2) is 5.65 Å². The molecule has 2 aromatic rings. The third-order valence-electron chi connectivity index (χ3n) is 3.86. The van der Waals surface area contributed by atoms with Crippen LogP contribution in [0.3, 0.4) is 0 Å². The molecule has 4 nitrogen and oxygen atoms in total. The van der Waals surface area contributed by atoms with E-state index in [0.717, 1.165) is 29.2 Å². The standard InChI is InChI=1S/C17H28N4/c1-4-5-6-7-8-9-10-11-15-18-14-12-13-16(21(2)3)20-17(14)19-15/h12-13H,4-11H2,1-3H3,(H,18,19,20). The van der Waals surface area contributed by atoms with Gasteiger partial charge in [-0.3, -0.25) is 0 Å². The largest absolute Gasteiger partial charge is 0.363 e. The predicted molar refractivity (Wildman–Crippen MR) is 89.9 cm³/mol. The molecule has 4 heteroatoms. The highest BCUT2D eigenvalue weighted by Gasteiger charge is 2.06. The van der Waals surface area contributed by atoms with E-state index in [0.29, 0.717) is 0 Å². The zero-order valence-electron chi connectivity index (χ0n) is 13.7. The Morgan fingerprint density at radius 2 is 1.67 bits per heavy atom. The normalized spacial score (nSPS) is 11.2. The van der Waals surface area contributed by atoms with Gasteiger partial charge in [-0.25, -0.2) is 9.97 Å². The Morgan fingerprint density at radius 3 is 2.38 bits per heavy atom. The molecule has 0 saturated carbocycles. The molecule has 0 aliphatic heterocycles. The second-order valence-corrected chi connectivity index (χ2v) is 5.99. The number of unbranched alkanes of at least 4 members (excludes halogenated alkanes) is 6. The third-order valence-corrected chi connectivity index (χ3v) is 3.86. The number of hydrogen-bond donors (Lipinski definition) is 1. The Balaban J connectivity index is 1.80. The van der Waals surface area contributed by atoms with Crippen LogP contribution in [-0.4, -0.2) is 29.0 Å². The van der Waals surface area contributed by atoms with Crippen molar-refractivity contribution < 1.29 is 0 Å². The maximum absolute atomic E-state index is 4.61. The molecular weight excluding hydrogens is 260 g/mol. The first-order valence-corrected chi connectivity index (χ1v) is 8.23. The Kier molecular flexibility index (Phi) is 6.03. The van der Waals surface area contributed by atoms with Gasteiger partial charge in [-0.15, -0.1) is 0 Å². The van der Waals surface area contributed by atoms with Crippen LogP contribution in [0.2, 0.25) is 0 Å². The number of aromatic amines is 1. The van der Waals surface area contributed by atoms with E-state index < -0.39 is 0 Å². The molecule has 116 valence electrons. The zero-order valence-corrected chi connectivity index (χ0v) is 13.7. The van der Waals surface area contributed by atoms with Gasteiger partial charge in [-0.05, 0) is 18.6 Å². The van der Waals surface area contributed by atoms with Crippen LogP contribution in [0, 0.1) is 0 Å². The van der Waals surface area contributed by atoms with E-state index in [1.807, 2.05) is 25.1 Å². The van der Waals surface area contributed by atoms with Crippen molar-refractivity contribution in [2.24, 2.45) is 0 Å². The van der Waals surface area contributed by atoms with E-state index in [4.69, 9.17) is 0 Å². The van der Waals surface area contributed by atoms with Crippen molar-refractivity contribution in [1.29, 1.82) is 0 Å².